The molecule has 1 atom stereocenters. The Kier molecular flexibility index (Phi) is 3.26. The molecule has 1 aliphatic rings. The number of hydrogen-bond donors (Lipinski definition) is 1. The fourth-order valence-corrected chi connectivity index (χ4v) is 2.49. The number of likely N-dealkylation sites (N-methyl/N-ethyl adjacent to an activating group) is 1. The van der Waals surface area contributed by atoms with Crippen LogP contribution in [0.15, 0.2) is 0 Å². The largest absolute Gasteiger partial charge is 0.445 e. The highest BCUT2D eigenvalue weighted by molar-refractivity contribution is 7.15. The molecule has 8 heteroatoms. The van der Waals surface area contributed by atoms with Crippen molar-refractivity contribution in [2.24, 2.45) is 11.7 Å². The van der Waals surface area contributed by atoms with Gasteiger partial charge >= 0.3 is 6.18 Å². The number of alkyl halides is 3. The summed E-state index contributed by atoms with van der Waals surface area (Å²) in [5, 5.41) is 6.11. The lowest BCUT2D eigenvalue weighted by Crippen LogP contribution is -2.39. The van der Waals surface area contributed by atoms with Crippen molar-refractivity contribution in [1.29, 1.82) is 0 Å². The molecule has 0 saturated heterocycles. The van der Waals surface area contributed by atoms with Gasteiger partial charge < -0.3 is 10.6 Å². The van der Waals surface area contributed by atoms with Gasteiger partial charge in [0.25, 0.3) is 0 Å². The standard InChI is InChI=1S/C9H13F3N4S/c1-16(6(4-13)5-2-3-5)8-15-14-7(17-8)9(10,11)12/h5-6H,2-4,13H2,1H3. The fraction of sp³-hybridized carbons (Fsp3) is 0.778. The van der Waals surface area contributed by atoms with E-state index < -0.39 is 11.2 Å². The van der Waals surface area contributed by atoms with Crippen molar-refractivity contribution in [3.63, 3.8) is 0 Å². The van der Waals surface area contributed by atoms with Crippen LogP contribution in [-0.2, 0) is 6.18 Å². The Labute approximate surface area is 101 Å². The molecule has 0 amide bonds. The Morgan fingerprint density at radius 3 is 2.53 bits per heavy atom. The maximum absolute atomic E-state index is 12.4. The van der Waals surface area contributed by atoms with Crippen molar-refractivity contribution >= 4 is 16.5 Å². The van der Waals surface area contributed by atoms with E-state index in [9.17, 15) is 13.2 Å². The van der Waals surface area contributed by atoms with E-state index in [0.717, 1.165) is 12.8 Å². The minimum absolute atomic E-state index is 0.0593. The number of nitrogens with zero attached hydrogens (tertiary/aromatic N) is 3. The van der Waals surface area contributed by atoms with Crippen LogP contribution in [0.3, 0.4) is 0 Å². The van der Waals surface area contributed by atoms with Gasteiger partial charge in [-0.1, -0.05) is 11.3 Å². The van der Waals surface area contributed by atoms with Gasteiger partial charge in [0.15, 0.2) is 0 Å². The third kappa shape index (κ3) is 2.68. The molecule has 1 saturated carbocycles. The predicted octanol–water partition coefficient (Wildman–Crippen LogP) is 1.73. The number of nitrogens with two attached hydrogens (primary N) is 1. The number of rotatable bonds is 4. The van der Waals surface area contributed by atoms with Crippen LogP contribution in [0.5, 0.6) is 0 Å². The van der Waals surface area contributed by atoms with Crippen molar-refractivity contribution in [3.05, 3.63) is 5.01 Å². The van der Waals surface area contributed by atoms with Crippen LogP contribution < -0.4 is 10.6 Å². The second-order valence-electron chi connectivity index (χ2n) is 4.14. The summed E-state index contributed by atoms with van der Waals surface area (Å²) >= 11 is 0.560. The summed E-state index contributed by atoms with van der Waals surface area (Å²) in [6, 6.07) is 0.0593. The fourth-order valence-electron chi connectivity index (χ4n) is 1.76. The Morgan fingerprint density at radius 1 is 1.47 bits per heavy atom. The summed E-state index contributed by atoms with van der Waals surface area (Å²) in [6.45, 7) is 0.419. The second kappa shape index (κ2) is 4.41. The number of hydrogen-bond acceptors (Lipinski definition) is 5. The van der Waals surface area contributed by atoms with Gasteiger partial charge in [0.05, 0.1) is 0 Å². The maximum Gasteiger partial charge on any atom is 0.445 e. The van der Waals surface area contributed by atoms with Gasteiger partial charge in [0.1, 0.15) is 0 Å². The van der Waals surface area contributed by atoms with Crippen molar-refractivity contribution < 1.29 is 13.2 Å². The van der Waals surface area contributed by atoms with E-state index in [2.05, 4.69) is 10.2 Å². The molecule has 0 aromatic carbocycles. The first kappa shape index (κ1) is 12.6. The first-order valence-corrected chi connectivity index (χ1v) is 6.08. The second-order valence-corrected chi connectivity index (χ2v) is 5.09. The number of halogens is 3. The predicted molar refractivity (Wildman–Crippen MR) is 58.9 cm³/mol. The molecule has 2 rings (SSSR count). The maximum atomic E-state index is 12.4. The molecule has 96 valence electrons. The molecule has 17 heavy (non-hydrogen) atoms. The van der Waals surface area contributed by atoms with Crippen LogP contribution in [0, 0.1) is 5.92 Å². The van der Waals surface area contributed by atoms with Crippen LogP contribution in [0.25, 0.3) is 0 Å². The summed E-state index contributed by atoms with van der Waals surface area (Å²) < 4.78 is 37.1. The molecular formula is C9H13F3N4S. The highest BCUT2D eigenvalue weighted by Crippen LogP contribution is 2.38. The molecule has 0 spiro atoms. The van der Waals surface area contributed by atoms with Crippen molar-refractivity contribution in [2.75, 3.05) is 18.5 Å². The summed E-state index contributed by atoms with van der Waals surface area (Å²) in [6.07, 6.45) is -2.26. The smallest absolute Gasteiger partial charge is 0.345 e. The van der Waals surface area contributed by atoms with E-state index in [0.29, 0.717) is 23.8 Å². The molecule has 0 radical (unpaired) electrons. The van der Waals surface area contributed by atoms with Gasteiger partial charge in [-0.05, 0) is 18.8 Å². The zero-order valence-electron chi connectivity index (χ0n) is 9.24. The van der Waals surface area contributed by atoms with Gasteiger partial charge in [-0.2, -0.15) is 13.2 Å². The molecule has 1 aromatic heterocycles. The van der Waals surface area contributed by atoms with Crippen LogP contribution in [0.1, 0.15) is 17.8 Å². The Bertz CT molecular complexity index is 388. The zero-order valence-corrected chi connectivity index (χ0v) is 10.1. The molecular weight excluding hydrogens is 253 g/mol. The van der Waals surface area contributed by atoms with E-state index >= 15 is 0 Å². The topological polar surface area (TPSA) is 55.0 Å². The average molecular weight is 266 g/mol. The first-order valence-electron chi connectivity index (χ1n) is 5.27. The lowest BCUT2D eigenvalue weighted by atomic mass is 10.2. The summed E-state index contributed by atoms with van der Waals surface area (Å²) in [7, 11) is 1.72. The van der Waals surface area contributed by atoms with Crippen LogP contribution in [-0.4, -0.2) is 29.8 Å². The molecule has 1 heterocycles. The minimum atomic E-state index is -4.42. The van der Waals surface area contributed by atoms with Crippen LogP contribution in [0.2, 0.25) is 0 Å². The van der Waals surface area contributed by atoms with E-state index in [1.54, 1.807) is 11.9 Å². The molecule has 2 N–H and O–H groups in total. The normalized spacial score (nSPS) is 18.2. The molecule has 4 nitrogen and oxygen atoms in total. The van der Waals surface area contributed by atoms with Crippen LogP contribution in [0.4, 0.5) is 18.3 Å². The van der Waals surface area contributed by atoms with E-state index in [4.69, 9.17) is 5.73 Å². The van der Waals surface area contributed by atoms with Gasteiger partial charge in [-0.3, -0.25) is 0 Å². The molecule has 1 aromatic rings. The quantitative estimate of drug-likeness (QED) is 0.901. The molecule has 1 aliphatic carbocycles. The van der Waals surface area contributed by atoms with E-state index in [-0.39, 0.29) is 11.2 Å². The molecule has 1 fully saturated rings. The summed E-state index contributed by atoms with van der Waals surface area (Å²) in [4.78, 5) is 1.71. The first-order chi connectivity index (χ1) is 7.93. The highest BCUT2D eigenvalue weighted by Gasteiger charge is 2.38. The van der Waals surface area contributed by atoms with E-state index in [1.165, 1.54) is 0 Å². The minimum Gasteiger partial charge on any atom is -0.345 e. The molecule has 0 aliphatic heterocycles. The Morgan fingerprint density at radius 2 is 2.12 bits per heavy atom. The summed E-state index contributed by atoms with van der Waals surface area (Å²) in [5.41, 5.74) is 5.64. The van der Waals surface area contributed by atoms with Crippen molar-refractivity contribution in [2.45, 2.75) is 25.1 Å². The SMILES string of the molecule is CN(c1nnc(C(F)(F)F)s1)C(CN)C1CC1. The average Bonchev–Trinajstić information content (AvgIpc) is 2.94. The Hall–Kier alpha value is -0.890. The van der Waals surface area contributed by atoms with Crippen LogP contribution >= 0.6 is 11.3 Å². The van der Waals surface area contributed by atoms with E-state index in [1.807, 2.05) is 0 Å². The van der Waals surface area contributed by atoms with Crippen molar-refractivity contribution in [1.82, 2.24) is 10.2 Å². The molecule has 1 unspecified atom stereocenters. The monoisotopic (exact) mass is 266 g/mol. The third-order valence-corrected chi connectivity index (χ3v) is 3.92. The lowest BCUT2D eigenvalue weighted by molar-refractivity contribution is -0.138. The van der Waals surface area contributed by atoms with Gasteiger partial charge in [-0.25, -0.2) is 0 Å². The number of aromatic nitrogens is 2. The zero-order chi connectivity index (χ0) is 12.6. The van der Waals surface area contributed by atoms with Gasteiger partial charge in [0.2, 0.25) is 10.1 Å². The van der Waals surface area contributed by atoms with Gasteiger partial charge in [-0.15, -0.1) is 10.2 Å². The lowest BCUT2D eigenvalue weighted by Gasteiger charge is -2.25. The van der Waals surface area contributed by atoms with Crippen molar-refractivity contribution in [3.8, 4) is 0 Å². The number of anilines is 1. The Balaban J connectivity index is 2.13. The van der Waals surface area contributed by atoms with Gasteiger partial charge in [0, 0.05) is 19.6 Å². The third-order valence-electron chi connectivity index (χ3n) is 2.86. The summed E-state index contributed by atoms with van der Waals surface area (Å²) in [5.74, 6) is 0.475. The highest BCUT2D eigenvalue weighted by atomic mass is 32.1. The molecule has 0 bridgehead atoms.